The molecule has 0 atom stereocenters. The number of halogens is 1. The summed E-state index contributed by atoms with van der Waals surface area (Å²) in [6.45, 7) is 2.72. The molecule has 7 heteroatoms. The van der Waals surface area contributed by atoms with Crippen LogP contribution in [0.15, 0.2) is 109 Å². The van der Waals surface area contributed by atoms with E-state index < -0.39 is 7.26 Å². The quantitative estimate of drug-likeness (QED) is 0.0624. The first kappa shape index (κ1) is 38.0. The van der Waals surface area contributed by atoms with Crippen LogP contribution in [0.5, 0.6) is 11.5 Å². The summed E-state index contributed by atoms with van der Waals surface area (Å²) in [6, 6.07) is 36.9. The van der Waals surface area contributed by atoms with Gasteiger partial charge in [0.2, 0.25) is 0 Å². The summed E-state index contributed by atoms with van der Waals surface area (Å²) in [5.74, 6) is 0.231. The fourth-order valence-electron chi connectivity index (χ4n) is 5.97. The van der Waals surface area contributed by atoms with Crippen molar-refractivity contribution >= 4 is 35.1 Å². The Labute approximate surface area is 292 Å². The van der Waals surface area contributed by atoms with E-state index in [1.807, 2.05) is 18.2 Å². The number of esters is 1. The van der Waals surface area contributed by atoms with E-state index in [0.717, 1.165) is 25.4 Å². The topological polar surface area (TPSA) is 64.6 Å². The van der Waals surface area contributed by atoms with Gasteiger partial charge in [-0.05, 0) is 61.0 Å². The first-order chi connectivity index (χ1) is 22.6. The lowest BCUT2D eigenvalue weighted by atomic mass is 10.1. The zero-order chi connectivity index (χ0) is 32.5. The van der Waals surface area contributed by atoms with Crippen LogP contribution in [0.25, 0.3) is 0 Å². The van der Waals surface area contributed by atoms with Crippen molar-refractivity contribution in [2.45, 2.75) is 71.1 Å². The molecule has 0 aromatic heterocycles. The number of hydrogen-bond acceptors (Lipinski definition) is 4. The van der Waals surface area contributed by atoms with Gasteiger partial charge in [0.1, 0.15) is 23.2 Å². The molecule has 0 heterocycles. The molecule has 47 heavy (non-hydrogen) atoms. The van der Waals surface area contributed by atoms with Crippen molar-refractivity contribution in [3.05, 3.63) is 115 Å². The highest BCUT2D eigenvalue weighted by atomic mass is 79.9. The van der Waals surface area contributed by atoms with Crippen LogP contribution < -0.4 is 47.7 Å². The molecule has 4 aromatic carbocycles. The van der Waals surface area contributed by atoms with Crippen LogP contribution in [-0.2, 0) is 4.79 Å². The highest BCUT2D eigenvalue weighted by molar-refractivity contribution is 7.95. The number of benzene rings is 4. The number of hydrogen-bond donors (Lipinski definition) is 1. The molecular formula is C40H49BrNO4P. The lowest BCUT2D eigenvalue weighted by Crippen LogP contribution is -3.00. The second-order valence-corrected chi connectivity index (χ2v) is 15.3. The molecule has 250 valence electrons. The van der Waals surface area contributed by atoms with Crippen molar-refractivity contribution in [3.8, 4) is 11.5 Å². The predicted octanol–water partition coefficient (Wildman–Crippen LogP) is 5.25. The molecule has 1 amide bonds. The van der Waals surface area contributed by atoms with E-state index in [4.69, 9.17) is 9.47 Å². The Morgan fingerprint density at radius 1 is 0.638 bits per heavy atom. The summed E-state index contributed by atoms with van der Waals surface area (Å²) in [6.07, 6.45) is 11.9. The molecule has 0 saturated carbocycles. The fourth-order valence-corrected chi connectivity index (χ4v) is 10.1. The third kappa shape index (κ3) is 11.0. The van der Waals surface area contributed by atoms with Crippen molar-refractivity contribution in [1.29, 1.82) is 0 Å². The van der Waals surface area contributed by atoms with Crippen LogP contribution in [0.4, 0.5) is 0 Å². The smallest absolute Gasteiger partial charge is 0.311 e. The average Bonchev–Trinajstić information content (AvgIpc) is 3.10. The molecule has 0 spiro atoms. The van der Waals surface area contributed by atoms with E-state index in [1.165, 1.54) is 61.5 Å². The van der Waals surface area contributed by atoms with E-state index in [0.29, 0.717) is 30.0 Å². The van der Waals surface area contributed by atoms with Gasteiger partial charge in [-0.25, -0.2) is 0 Å². The maximum absolute atomic E-state index is 13.4. The number of methoxy groups -OCH3 is 1. The molecule has 0 aliphatic rings. The second-order valence-electron chi connectivity index (χ2n) is 11.7. The SMILES string of the molecule is CCCCCCCCCCCC(=O)Oc1ccc(C(=O)NCC[P+](c2ccccc2)(c2ccccc2)c2ccccc2)cc1OC.[Br-]. The minimum Gasteiger partial charge on any atom is -1.00 e. The van der Waals surface area contributed by atoms with Crippen LogP contribution in [0.1, 0.15) is 81.5 Å². The fraction of sp³-hybridized carbons (Fsp3) is 0.350. The molecule has 0 saturated heterocycles. The summed E-state index contributed by atoms with van der Waals surface area (Å²) in [5, 5.41) is 6.98. The molecular weight excluding hydrogens is 669 g/mol. The number of unbranched alkanes of at least 4 members (excludes halogenated alkanes) is 8. The lowest BCUT2D eigenvalue weighted by molar-refractivity contribution is -0.134. The van der Waals surface area contributed by atoms with E-state index in [-0.39, 0.29) is 28.9 Å². The molecule has 5 nitrogen and oxygen atoms in total. The van der Waals surface area contributed by atoms with Crippen molar-refractivity contribution in [2.24, 2.45) is 0 Å². The zero-order valence-electron chi connectivity index (χ0n) is 27.8. The summed E-state index contributed by atoms with van der Waals surface area (Å²) < 4.78 is 11.1. The van der Waals surface area contributed by atoms with Gasteiger partial charge < -0.3 is 31.8 Å². The number of rotatable bonds is 19. The Kier molecular flexibility index (Phi) is 16.7. The number of ether oxygens (including phenoxy) is 2. The van der Waals surface area contributed by atoms with E-state index >= 15 is 0 Å². The van der Waals surface area contributed by atoms with Gasteiger partial charge in [-0.15, -0.1) is 0 Å². The number of carbonyl (C=O) groups excluding carboxylic acids is 2. The molecule has 0 fully saturated rings. The molecule has 0 aliphatic heterocycles. The Bertz CT molecular complexity index is 1390. The molecule has 0 unspecified atom stereocenters. The molecule has 0 radical (unpaired) electrons. The summed E-state index contributed by atoms with van der Waals surface area (Å²) in [4.78, 5) is 25.9. The maximum atomic E-state index is 13.4. The van der Waals surface area contributed by atoms with Crippen LogP contribution in [-0.4, -0.2) is 31.7 Å². The van der Waals surface area contributed by atoms with Gasteiger partial charge in [-0.1, -0.05) is 113 Å². The predicted molar refractivity (Wildman–Crippen MR) is 193 cm³/mol. The number of amides is 1. The van der Waals surface area contributed by atoms with Gasteiger partial charge in [0.25, 0.3) is 5.91 Å². The minimum absolute atomic E-state index is 0. The highest BCUT2D eigenvalue weighted by Crippen LogP contribution is 2.54. The van der Waals surface area contributed by atoms with E-state index in [2.05, 4.69) is 85.0 Å². The normalized spacial score (nSPS) is 10.9. The first-order valence-corrected chi connectivity index (χ1v) is 18.8. The molecule has 0 bridgehead atoms. The second kappa shape index (κ2) is 20.7. The summed E-state index contributed by atoms with van der Waals surface area (Å²) in [7, 11) is -0.538. The van der Waals surface area contributed by atoms with Crippen molar-refractivity contribution in [1.82, 2.24) is 5.32 Å². The summed E-state index contributed by atoms with van der Waals surface area (Å²) in [5.41, 5.74) is 0.457. The minimum atomic E-state index is -2.06. The Balaban J connectivity index is 0.00000600. The van der Waals surface area contributed by atoms with Crippen LogP contribution in [0.2, 0.25) is 0 Å². The van der Waals surface area contributed by atoms with Gasteiger partial charge in [0.15, 0.2) is 11.5 Å². The maximum Gasteiger partial charge on any atom is 0.311 e. The van der Waals surface area contributed by atoms with Crippen LogP contribution >= 0.6 is 7.26 Å². The molecule has 4 rings (SSSR count). The van der Waals surface area contributed by atoms with Crippen LogP contribution in [0.3, 0.4) is 0 Å². The molecule has 4 aromatic rings. The van der Waals surface area contributed by atoms with Crippen LogP contribution in [0, 0.1) is 0 Å². The van der Waals surface area contributed by atoms with Gasteiger partial charge in [-0.3, -0.25) is 9.59 Å². The third-order valence-electron chi connectivity index (χ3n) is 8.46. The number of nitrogens with one attached hydrogen (secondary N) is 1. The van der Waals surface area contributed by atoms with E-state index in [1.54, 1.807) is 18.2 Å². The Morgan fingerprint density at radius 2 is 1.13 bits per heavy atom. The van der Waals surface area contributed by atoms with Gasteiger partial charge in [0, 0.05) is 12.0 Å². The van der Waals surface area contributed by atoms with Crippen molar-refractivity contribution in [2.75, 3.05) is 19.8 Å². The summed E-state index contributed by atoms with van der Waals surface area (Å²) >= 11 is 0. The third-order valence-corrected chi connectivity index (χ3v) is 12.9. The highest BCUT2D eigenvalue weighted by Gasteiger charge is 2.44. The average molecular weight is 719 g/mol. The largest absolute Gasteiger partial charge is 1.00 e. The Morgan fingerprint density at radius 3 is 1.62 bits per heavy atom. The lowest BCUT2D eigenvalue weighted by Gasteiger charge is -2.27. The van der Waals surface area contributed by atoms with Gasteiger partial charge in [0.05, 0.1) is 19.8 Å². The van der Waals surface area contributed by atoms with Crippen molar-refractivity contribution in [3.63, 3.8) is 0 Å². The number of carbonyl (C=O) groups is 2. The van der Waals surface area contributed by atoms with E-state index in [9.17, 15) is 9.59 Å². The Hall–Kier alpha value is -3.47. The van der Waals surface area contributed by atoms with Gasteiger partial charge in [-0.2, -0.15) is 0 Å². The van der Waals surface area contributed by atoms with Crippen molar-refractivity contribution < 1.29 is 36.0 Å². The first-order valence-electron chi connectivity index (χ1n) is 16.8. The van der Waals surface area contributed by atoms with Gasteiger partial charge >= 0.3 is 5.97 Å². The zero-order valence-corrected chi connectivity index (χ0v) is 30.3. The molecule has 0 aliphatic carbocycles. The monoisotopic (exact) mass is 717 g/mol. The molecule has 1 N–H and O–H groups in total. The standard InChI is InChI=1S/C40H48NO4P.BrH/c1-3-4-5-6-7-8-9-10-20-27-39(42)45-37-29-28-33(32-38(37)44-2)40(43)41-30-31-46(34-21-14-11-15-22-34,35-23-16-12-17-24-35)36-25-18-13-19-26-36;/h11-19,21-26,28-29,32H,3-10,20,27,30-31H2,1-2H3;1H.